The van der Waals surface area contributed by atoms with E-state index in [2.05, 4.69) is 10.4 Å². The number of carbonyl (C=O) groups is 2. The number of carbonyl (C=O) groups excluding carboxylic acids is 1. The lowest BCUT2D eigenvalue weighted by atomic mass is 10.2. The molecule has 0 bridgehead atoms. The first-order valence-corrected chi connectivity index (χ1v) is 5.52. The number of nitrogens with zero attached hydrogens (tertiary/aromatic N) is 3. The Morgan fingerprint density at radius 1 is 1.44 bits per heavy atom. The zero-order chi connectivity index (χ0) is 13.9. The number of carboxylic acids is 1. The van der Waals surface area contributed by atoms with Crippen molar-refractivity contribution in [3.63, 3.8) is 0 Å². The number of hydrogen-bond acceptors (Lipinski definition) is 3. The second kappa shape index (κ2) is 5.52. The van der Waals surface area contributed by atoms with E-state index < -0.39 is 12.0 Å². The van der Waals surface area contributed by atoms with Gasteiger partial charge in [0.25, 0.3) is 0 Å². The fourth-order valence-corrected chi connectivity index (χ4v) is 1.65. The average molecular weight is 254 g/mol. The topological polar surface area (TPSA) is 87.5 Å². The van der Waals surface area contributed by atoms with Gasteiger partial charge in [0.15, 0.2) is 0 Å². The molecule has 100 valence electrons. The highest BCUT2D eigenvalue weighted by Crippen LogP contribution is 2.11. The van der Waals surface area contributed by atoms with Gasteiger partial charge in [-0.15, -0.1) is 0 Å². The van der Waals surface area contributed by atoms with Crippen molar-refractivity contribution in [2.75, 3.05) is 13.6 Å². The van der Waals surface area contributed by atoms with Crippen LogP contribution < -0.4 is 5.32 Å². The van der Waals surface area contributed by atoms with Crippen LogP contribution in [0.5, 0.6) is 0 Å². The summed E-state index contributed by atoms with van der Waals surface area (Å²) < 4.78 is 1.75. The van der Waals surface area contributed by atoms with Crippen molar-refractivity contribution >= 4 is 12.0 Å². The molecule has 1 aromatic heterocycles. The first-order valence-electron chi connectivity index (χ1n) is 5.52. The van der Waals surface area contributed by atoms with E-state index >= 15 is 0 Å². The minimum Gasteiger partial charge on any atom is -0.480 e. The molecule has 0 aliphatic rings. The molecule has 0 aromatic carbocycles. The lowest BCUT2D eigenvalue weighted by molar-refractivity contribution is -0.137. The number of amides is 2. The van der Waals surface area contributed by atoms with E-state index in [4.69, 9.17) is 5.11 Å². The number of aliphatic carboxylic acids is 1. The molecule has 0 unspecified atom stereocenters. The molecule has 1 rings (SSSR count). The molecule has 0 aliphatic carbocycles. The molecule has 0 aliphatic heterocycles. The van der Waals surface area contributed by atoms with Crippen molar-refractivity contribution in [3.05, 3.63) is 17.0 Å². The van der Waals surface area contributed by atoms with Crippen LogP contribution in [0.4, 0.5) is 4.79 Å². The summed E-state index contributed by atoms with van der Waals surface area (Å²) in [5.74, 6) is -1.04. The number of urea groups is 1. The molecule has 2 amide bonds. The van der Waals surface area contributed by atoms with E-state index in [0.717, 1.165) is 21.9 Å². The van der Waals surface area contributed by atoms with Gasteiger partial charge in [-0.2, -0.15) is 5.10 Å². The number of likely N-dealkylation sites (N-methyl/N-ethyl adjacent to an activating group) is 1. The van der Waals surface area contributed by atoms with Gasteiger partial charge in [0, 0.05) is 31.9 Å². The van der Waals surface area contributed by atoms with E-state index in [1.165, 1.54) is 7.05 Å². The Kier molecular flexibility index (Phi) is 4.30. The number of nitrogens with one attached hydrogen (secondary N) is 1. The number of carboxylic acid groups (broad SMARTS) is 1. The van der Waals surface area contributed by atoms with Crippen LogP contribution >= 0.6 is 0 Å². The highest BCUT2D eigenvalue weighted by Gasteiger charge is 2.14. The van der Waals surface area contributed by atoms with Gasteiger partial charge < -0.3 is 15.3 Å². The van der Waals surface area contributed by atoms with Crippen molar-refractivity contribution in [2.24, 2.45) is 7.05 Å². The summed E-state index contributed by atoms with van der Waals surface area (Å²) in [6.07, 6.45) is 0. The second-order valence-electron chi connectivity index (χ2n) is 4.18. The van der Waals surface area contributed by atoms with Crippen molar-refractivity contribution in [1.82, 2.24) is 20.0 Å². The third-order valence-corrected chi connectivity index (χ3v) is 2.79. The van der Waals surface area contributed by atoms with Gasteiger partial charge >= 0.3 is 12.0 Å². The monoisotopic (exact) mass is 254 g/mol. The highest BCUT2D eigenvalue weighted by atomic mass is 16.4. The van der Waals surface area contributed by atoms with E-state index in [1.54, 1.807) is 4.68 Å². The fraction of sp³-hybridized carbons (Fsp3) is 0.545. The molecule has 1 aromatic rings. The third kappa shape index (κ3) is 3.22. The molecular formula is C11H18N4O3. The minimum absolute atomic E-state index is 0.323. The number of hydrogen-bond donors (Lipinski definition) is 2. The lowest BCUT2D eigenvalue weighted by Gasteiger charge is -2.15. The van der Waals surface area contributed by atoms with Gasteiger partial charge in [0.1, 0.15) is 6.54 Å². The first kappa shape index (κ1) is 14.0. The van der Waals surface area contributed by atoms with Crippen LogP contribution in [-0.2, 0) is 18.4 Å². The molecule has 0 radical (unpaired) electrons. The Labute approximate surface area is 105 Å². The summed E-state index contributed by atoms with van der Waals surface area (Å²) in [6, 6.07) is -0.417. The number of aromatic nitrogens is 2. The van der Waals surface area contributed by atoms with Gasteiger partial charge in [-0.1, -0.05) is 0 Å². The fourth-order valence-electron chi connectivity index (χ4n) is 1.65. The smallest absolute Gasteiger partial charge is 0.323 e. The Morgan fingerprint density at radius 3 is 2.50 bits per heavy atom. The van der Waals surface area contributed by atoms with Gasteiger partial charge in [0.2, 0.25) is 0 Å². The standard InChI is InChI=1S/C11H18N4O3/c1-7-9(8(2)15(4)13-7)5-12-11(18)14(3)6-10(16)17/h5-6H2,1-4H3,(H,12,18)(H,16,17). The van der Waals surface area contributed by atoms with Crippen LogP contribution in [0.25, 0.3) is 0 Å². The van der Waals surface area contributed by atoms with Crippen LogP contribution in [0.3, 0.4) is 0 Å². The summed E-state index contributed by atoms with van der Waals surface area (Å²) in [4.78, 5) is 23.2. The summed E-state index contributed by atoms with van der Waals surface area (Å²) in [7, 11) is 3.27. The van der Waals surface area contributed by atoms with Crippen LogP contribution in [0.1, 0.15) is 17.0 Å². The van der Waals surface area contributed by atoms with Crippen molar-refractivity contribution in [3.8, 4) is 0 Å². The van der Waals surface area contributed by atoms with Crippen molar-refractivity contribution in [2.45, 2.75) is 20.4 Å². The zero-order valence-electron chi connectivity index (χ0n) is 11.0. The van der Waals surface area contributed by atoms with Gasteiger partial charge in [-0.25, -0.2) is 4.79 Å². The minimum atomic E-state index is -1.04. The van der Waals surface area contributed by atoms with Crippen LogP contribution in [0.15, 0.2) is 0 Å². The Morgan fingerprint density at radius 2 is 2.06 bits per heavy atom. The average Bonchev–Trinajstić information content (AvgIpc) is 2.49. The van der Waals surface area contributed by atoms with E-state index in [-0.39, 0.29) is 6.54 Å². The maximum atomic E-state index is 11.6. The summed E-state index contributed by atoms with van der Waals surface area (Å²) in [5, 5.41) is 15.5. The Bertz CT molecular complexity index is 467. The quantitative estimate of drug-likeness (QED) is 0.807. The Balaban J connectivity index is 2.60. The SMILES string of the molecule is Cc1nn(C)c(C)c1CNC(=O)N(C)CC(=O)O. The molecule has 2 N–H and O–H groups in total. The summed E-state index contributed by atoms with van der Waals surface area (Å²) in [6.45, 7) is 3.81. The molecule has 7 heteroatoms. The molecule has 0 atom stereocenters. The molecule has 0 spiro atoms. The number of aryl methyl sites for hydroxylation is 2. The normalized spacial score (nSPS) is 10.2. The van der Waals surface area contributed by atoms with Gasteiger partial charge in [0.05, 0.1) is 5.69 Å². The Hall–Kier alpha value is -2.05. The molecule has 0 saturated heterocycles. The summed E-state index contributed by atoms with van der Waals surface area (Å²) >= 11 is 0. The zero-order valence-corrected chi connectivity index (χ0v) is 11.0. The lowest BCUT2D eigenvalue weighted by Crippen LogP contribution is -2.39. The predicted octanol–water partition coefficient (Wildman–Crippen LogP) is 0.263. The molecule has 7 nitrogen and oxygen atoms in total. The van der Waals surface area contributed by atoms with E-state index in [0.29, 0.717) is 6.54 Å². The number of rotatable bonds is 4. The van der Waals surface area contributed by atoms with Crippen LogP contribution in [-0.4, -0.2) is 45.4 Å². The van der Waals surface area contributed by atoms with Crippen molar-refractivity contribution in [1.29, 1.82) is 0 Å². The van der Waals surface area contributed by atoms with Gasteiger partial charge in [-0.05, 0) is 13.8 Å². The van der Waals surface area contributed by atoms with E-state index in [9.17, 15) is 9.59 Å². The molecule has 0 saturated carbocycles. The second-order valence-corrected chi connectivity index (χ2v) is 4.18. The summed E-state index contributed by atoms with van der Waals surface area (Å²) in [5.41, 5.74) is 2.79. The molecule has 18 heavy (non-hydrogen) atoms. The van der Waals surface area contributed by atoms with E-state index in [1.807, 2.05) is 20.9 Å². The third-order valence-electron chi connectivity index (χ3n) is 2.79. The van der Waals surface area contributed by atoms with Gasteiger partial charge in [-0.3, -0.25) is 9.48 Å². The molecular weight excluding hydrogens is 236 g/mol. The largest absolute Gasteiger partial charge is 0.480 e. The molecule has 1 heterocycles. The predicted molar refractivity (Wildman–Crippen MR) is 65.2 cm³/mol. The highest BCUT2D eigenvalue weighted by molar-refractivity contribution is 5.79. The van der Waals surface area contributed by atoms with Crippen LogP contribution in [0.2, 0.25) is 0 Å². The molecule has 0 fully saturated rings. The maximum absolute atomic E-state index is 11.6. The maximum Gasteiger partial charge on any atom is 0.323 e. The van der Waals surface area contributed by atoms with Crippen LogP contribution in [0, 0.1) is 13.8 Å². The first-order chi connectivity index (χ1) is 8.32. The van der Waals surface area contributed by atoms with Crippen molar-refractivity contribution < 1.29 is 14.7 Å².